The van der Waals surface area contributed by atoms with Crippen LogP contribution in [-0.2, 0) is 65.4 Å². The Bertz CT molecular complexity index is 1940. The molecule has 0 aromatic rings. The van der Waals surface area contributed by atoms with Gasteiger partial charge < -0.3 is 33.8 Å². The first-order chi connectivity index (χ1) is 48.9. The van der Waals surface area contributed by atoms with Crippen molar-refractivity contribution >= 4 is 39.5 Å². The van der Waals surface area contributed by atoms with Crippen LogP contribution in [0, 0.1) is 11.8 Å². The summed E-state index contributed by atoms with van der Waals surface area (Å²) in [6.45, 7) is 9.62. The molecule has 3 unspecified atom stereocenters. The zero-order valence-electron chi connectivity index (χ0n) is 66.2. The van der Waals surface area contributed by atoms with Crippen LogP contribution >= 0.6 is 15.6 Å². The summed E-state index contributed by atoms with van der Waals surface area (Å²) in [4.78, 5) is 73.1. The van der Waals surface area contributed by atoms with Crippen LogP contribution in [-0.4, -0.2) is 96.7 Å². The minimum Gasteiger partial charge on any atom is -0.462 e. The van der Waals surface area contributed by atoms with Gasteiger partial charge in [-0.15, -0.1) is 0 Å². The fourth-order valence-corrected chi connectivity index (χ4v) is 14.3. The van der Waals surface area contributed by atoms with Gasteiger partial charge in [0.2, 0.25) is 0 Å². The molecule has 0 aromatic carbocycles. The lowest BCUT2D eigenvalue weighted by atomic mass is 10.00. The number of phosphoric ester groups is 2. The molecule has 0 fully saturated rings. The number of carbonyl (C=O) groups excluding carboxylic acids is 4. The third kappa shape index (κ3) is 74.7. The van der Waals surface area contributed by atoms with Crippen LogP contribution in [0.4, 0.5) is 0 Å². The molecule has 0 aliphatic carbocycles. The molecule has 6 atom stereocenters. The molecule has 0 saturated carbocycles. The summed E-state index contributed by atoms with van der Waals surface area (Å²) in [6, 6.07) is 0. The molecular weight excluding hydrogens is 1320 g/mol. The van der Waals surface area contributed by atoms with Crippen molar-refractivity contribution in [1.82, 2.24) is 0 Å². The average Bonchev–Trinajstić information content (AvgIpc) is 0.922. The maximum Gasteiger partial charge on any atom is 0.472 e. The Kier molecular flexibility index (Phi) is 72.2. The minimum atomic E-state index is -4.96. The average molecular weight is 1480 g/mol. The molecule has 0 spiro atoms. The summed E-state index contributed by atoms with van der Waals surface area (Å²) in [5.41, 5.74) is 0. The monoisotopic (exact) mass is 1480 g/mol. The van der Waals surface area contributed by atoms with Crippen LogP contribution in [0.2, 0.25) is 0 Å². The zero-order chi connectivity index (χ0) is 74.2. The van der Waals surface area contributed by atoms with Crippen molar-refractivity contribution in [1.29, 1.82) is 0 Å². The van der Waals surface area contributed by atoms with Gasteiger partial charge in [0, 0.05) is 25.7 Å². The highest BCUT2D eigenvalue weighted by Gasteiger charge is 2.30. The van der Waals surface area contributed by atoms with Crippen molar-refractivity contribution in [2.75, 3.05) is 39.6 Å². The van der Waals surface area contributed by atoms with Gasteiger partial charge in [0.05, 0.1) is 26.4 Å². The Balaban J connectivity index is 5.24. The van der Waals surface area contributed by atoms with E-state index in [0.717, 1.165) is 108 Å². The quantitative estimate of drug-likeness (QED) is 0.0222. The highest BCUT2D eigenvalue weighted by Crippen LogP contribution is 2.45. The van der Waals surface area contributed by atoms with Gasteiger partial charge in [-0.05, 0) is 37.5 Å². The Morgan fingerprint density at radius 2 is 0.505 bits per heavy atom. The second-order valence-corrected chi connectivity index (χ2v) is 33.1. The van der Waals surface area contributed by atoms with Crippen LogP contribution in [0.1, 0.15) is 433 Å². The van der Waals surface area contributed by atoms with E-state index in [1.807, 2.05) is 0 Å². The van der Waals surface area contributed by atoms with Gasteiger partial charge in [0.1, 0.15) is 19.3 Å². The van der Waals surface area contributed by atoms with Gasteiger partial charge in [-0.3, -0.25) is 37.3 Å². The van der Waals surface area contributed by atoms with Crippen molar-refractivity contribution in [3.63, 3.8) is 0 Å². The molecular formula is C82H160O17P2. The molecule has 600 valence electrons. The number of rotatable bonds is 81. The van der Waals surface area contributed by atoms with Gasteiger partial charge in [-0.2, -0.15) is 0 Å². The van der Waals surface area contributed by atoms with E-state index in [2.05, 4.69) is 41.5 Å². The Labute approximate surface area is 619 Å². The van der Waals surface area contributed by atoms with Gasteiger partial charge in [-0.1, -0.05) is 382 Å². The molecule has 17 nitrogen and oxygen atoms in total. The summed E-state index contributed by atoms with van der Waals surface area (Å²) in [7, 11) is -9.92. The third-order valence-corrected chi connectivity index (χ3v) is 21.5. The molecule has 101 heavy (non-hydrogen) atoms. The highest BCUT2D eigenvalue weighted by atomic mass is 31.2. The third-order valence-electron chi connectivity index (χ3n) is 19.6. The number of esters is 4. The number of aliphatic hydroxyl groups excluding tert-OH is 1. The molecule has 0 aromatic heterocycles. The number of unbranched alkanes of at least 4 members (excludes halogenated alkanes) is 50. The summed E-state index contributed by atoms with van der Waals surface area (Å²) in [5.74, 6) is -0.590. The van der Waals surface area contributed by atoms with Crippen molar-refractivity contribution < 1.29 is 80.2 Å². The molecule has 0 aliphatic rings. The number of hydrogen-bond acceptors (Lipinski definition) is 15. The Hall–Kier alpha value is -1.94. The normalized spacial score (nSPS) is 14.2. The second kappa shape index (κ2) is 73.6. The van der Waals surface area contributed by atoms with Gasteiger partial charge in [0.25, 0.3) is 0 Å². The van der Waals surface area contributed by atoms with Crippen LogP contribution in [0.25, 0.3) is 0 Å². The lowest BCUT2D eigenvalue weighted by Gasteiger charge is -2.21. The predicted octanol–water partition coefficient (Wildman–Crippen LogP) is 24.7. The van der Waals surface area contributed by atoms with E-state index in [0.29, 0.717) is 25.7 Å². The first-order valence-corrected chi connectivity index (χ1v) is 45.5. The van der Waals surface area contributed by atoms with E-state index in [1.54, 1.807) is 0 Å². The first kappa shape index (κ1) is 99.1. The second-order valence-electron chi connectivity index (χ2n) is 30.2. The molecule has 0 radical (unpaired) electrons. The SMILES string of the molecule is CCCCCCCCCCCCCCCCCCCCC(=O)O[C@H](COC(=O)CCCCCCCCCCCCCCCCCCC)COP(=O)(O)OC[C@@H](O)COP(=O)(O)OC[C@@H](COC(=O)CCCCCCCCC(C)CC)OC(=O)CCCCCCCCCCCCCCCC(C)C. The molecule has 0 saturated heterocycles. The minimum absolute atomic E-state index is 0.107. The highest BCUT2D eigenvalue weighted by molar-refractivity contribution is 7.47. The van der Waals surface area contributed by atoms with Crippen molar-refractivity contribution in [3.8, 4) is 0 Å². The van der Waals surface area contributed by atoms with Gasteiger partial charge >= 0.3 is 39.5 Å². The van der Waals surface area contributed by atoms with E-state index < -0.39 is 97.5 Å². The van der Waals surface area contributed by atoms with Crippen molar-refractivity contribution in [3.05, 3.63) is 0 Å². The summed E-state index contributed by atoms with van der Waals surface area (Å²) in [6.07, 6.45) is 63.8. The van der Waals surface area contributed by atoms with Crippen LogP contribution in [0.5, 0.6) is 0 Å². The first-order valence-electron chi connectivity index (χ1n) is 42.5. The predicted molar refractivity (Wildman–Crippen MR) is 414 cm³/mol. The topological polar surface area (TPSA) is 237 Å². The fraction of sp³-hybridized carbons (Fsp3) is 0.951. The zero-order valence-corrected chi connectivity index (χ0v) is 68.0. The molecule has 0 aliphatic heterocycles. The number of ether oxygens (including phenoxy) is 4. The number of aliphatic hydroxyl groups is 1. The van der Waals surface area contributed by atoms with E-state index in [4.69, 9.17) is 37.0 Å². The number of phosphoric acid groups is 2. The smallest absolute Gasteiger partial charge is 0.462 e. The molecule has 0 amide bonds. The molecule has 19 heteroatoms. The van der Waals surface area contributed by atoms with Crippen molar-refractivity contribution in [2.45, 2.75) is 452 Å². The van der Waals surface area contributed by atoms with E-state index in [1.165, 1.54) is 244 Å². The maximum absolute atomic E-state index is 13.1. The lowest BCUT2D eigenvalue weighted by Crippen LogP contribution is -2.30. The molecule has 0 rings (SSSR count). The largest absolute Gasteiger partial charge is 0.472 e. The lowest BCUT2D eigenvalue weighted by molar-refractivity contribution is -0.161. The van der Waals surface area contributed by atoms with Crippen molar-refractivity contribution in [2.24, 2.45) is 11.8 Å². The number of hydrogen-bond donors (Lipinski definition) is 3. The maximum atomic E-state index is 13.1. The summed E-state index contributed by atoms with van der Waals surface area (Å²) in [5, 5.41) is 10.7. The molecule has 0 bridgehead atoms. The van der Waals surface area contributed by atoms with Gasteiger partial charge in [-0.25, -0.2) is 9.13 Å². The standard InChI is InChI=1S/C82H160O17P2/c1-7-10-12-14-16-18-20-22-24-26-28-30-34-38-42-46-54-60-66-81(86)98-77(70-92-79(84)64-58-52-45-41-37-33-29-27-25-23-21-19-17-15-13-11-8-2)72-96-100(88,89)94-68-76(83)69-95-101(90,91)97-73-78(71-93-80(85)65-59-53-49-48-51-57-63-75(6)9-3)99-82(87)67-61-55-47-43-39-35-31-32-36-40-44-50-56-62-74(4)5/h74-78,83H,7-73H2,1-6H3,(H,88,89)(H,90,91)/t75?,76-,77-,78-/m1/s1. The fourth-order valence-electron chi connectivity index (χ4n) is 12.7. The number of carbonyl (C=O) groups is 4. The molecule has 3 N–H and O–H groups in total. The van der Waals surface area contributed by atoms with Crippen LogP contribution in [0.15, 0.2) is 0 Å². The Morgan fingerprint density at radius 3 is 0.752 bits per heavy atom. The summed E-state index contributed by atoms with van der Waals surface area (Å²) < 4.78 is 68.8. The summed E-state index contributed by atoms with van der Waals surface area (Å²) >= 11 is 0. The van der Waals surface area contributed by atoms with E-state index in [9.17, 15) is 43.2 Å². The molecule has 0 heterocycles. The van der Waals surface area contributed by atoms with Crippen LogP contribution < -0.4 is 0 Å². The van der Waals surface area contributed by atoms with Gasteiger partial charge in [0.15, 0.2) is 12.2 Å². The van der Waals surface area contributed by atoms with E-state index >= 15 is 0 Å². The Morgan fingerprint density at radius 1 is 0.287 bits per heavy atom. The van der Waals surface area contributed by atoms with Crippen LogP contribution in [0.3, 0.4) is 0 Å². The van der Waals surface area contributed by atoms with E-state index in [-0.39, 0.29) is 25.7 Å².